The third kappa shape index (κ3) is 3.95. The van der Waals surface area contributed by atoms with Gasteiger partial charge >= 0.3 is 0 Å². The minimum absolute atomic E-state index is 0.209. The molecule has 0 fully saturated rings. The normalized spacial score (nSPS) is 11.5. The topological polar surface area (TPSA) is 78.1 Å². The lowest BCUT2D eigenvalue weighted by Crippen LogP contribution is -1.86. The van der Waals surface area contributed by atoms with E-state index in [1.54, 1.807) is 42.8 Å². The molecule has 0 amide bonds. The lowest BCUT2D eigenvalue weighted by atomic mass is 10.1. The summed E-state index contributed by atoms with van der Waals surface area (Å²) >= 11 is 0. The molecule has 0 saturated carbocycles. The van der Waals surface area contributed by atoms with Gasteiger partial charge in [-0.15, -0.1) is 0 Å². The van der Waals surface area contributed by atoms with E-state index < -0.39 is 0 Å². The maximum Gasteiger partial charge on any atom is 0.154 e. The summed E-state index contributed by atoms with van der Waals surface area (Å²) in [4.78, 5) is 13.0. The first kappa shape index (κ1) is 17.4. The summed E-state index contributed by atoms with van der Waals surface area (Å²) in [6.07, 6.45) is 3.15. The molecule has 3 aromatic rings. The molecule has 1 heterocycles. The minimum atomic E-state index is 0.209. The zero-order valence-electron chi connectivity index (χ0n) is 14.6. The lowest BCUT2D eigenvalue weighted by molar-refractivity contribution is 0.470. The summed E-state index contributed by atoms with van der Waals surface area (Å²) in [5.41, 5.74) is 2.84. The lowest BCUT2D eigenvalue weighted by Gasteiger charge is -2.02. The van der Waals surface area contributed by atoms with Crippen LogP contribution in [-0.2, 0) is 0 Å². The Bertz CT molecular complexity index is 918. The summed E-state index contributed by atoms with van der Waals surface area (Å²) in [6, 6.07) is 16.3. The maximum absolute atomic E-state index is 10.0. The van der Waals surface area contributed by atoms with E-state index in [2.05, 4.69) is 15.0 Å². The molecule has 0 spiro atoms. The molecule has 2 N–H and O–H groups in total. The maximum atomic E-state index is 10.0. The van der Waals surface area contributed by atoms with Crippen molar-refractivity contribution < 1.29 is 10.2 Å². The van der Waals surface area contributed by atoms with Crippen molar-refractivity contribution in [2.24, 2.45) is 9.98 Å². The average molecular weight is 345 g/mol. The van der Waals surface area contributed by atoms with Gasteiger partial charge in [0.1, 0.15) is 11.5 Å². The molecule has 3 rings (SSSR count). The number of hydrogen-bond acceptors (Lipinski definition) is 5. The highest BCUT2D eigenvalue weighted by Crippen LogP contribution is 2.22. The number of rotatable bonds is 4. The van der Waals surface area contributed by atoms with Crippen molar-refractivity contribution in [3.63, 3.8) is 0 Å². The number of para-hydroxylation sites is 2. The van der Waals surface area contributed by atoms with Gasteiger partial charge in [-0.05, 0) is 49.2 Å². The number of aromatic hydroxyl groups is 2. The molecular weight excluding hydrogens is 326 g/mol. The van der Waals surface area contributed by atoms with Crippen molar-refractivity contribution in [2.45, 2.75) is 13.8 Å². The van der Waals surface area contributed by atoms with Crippen molar-refractivity contribution in [1.82, 2.24) is 4.98 Å². The Morgan fingerprint density at radius 1 is 0.692 bits per heavy atom. The fourth-order valence-electron chi connectivity index (χ4n) is 2.40. The largest absolute Gasteiger partial charge is 0.507 e. The number of phenolic OH excluding ortho intramolecular Hbond substituents is 2. The molecule has 0 saturated heterocycles. The fourth-order valence-corrected chi connectivity index (χ4v) is 2.40. The molecule has 0 aliphatic heterocycles. The third-order valence-corrected chi connectivity index (χ3v) is 3.93. The van der Waals surface area contributed by atoms with E-state index in [1.165, 1.54) is 0 Å². The van der Waals surface area contributed by atoms with Gasteiger partial charge in [-0.25, -0.2) is 15.0 Å². The van der Waals surface area contributed by atoms with Crippen LogP contribution in [0.15, 0.2) is 64.6 Å². The van der Waals surface area contributed by atoms with E-state index in [-0.39, 0.29) is 11.5 Å². The molecule has 5 nitrogen and oxygen atoms in total. The first-order valence-electron chi connectivity index (χ1n) is 8.17. The molecule has 0 aliphatic rings. The van der Waals surface area contributed by atoms with Gasteiger partial charge in [0.15, 0.2) is 11.6 Å². The minimum Gasteiger partial charge on any atom is -0.507 e. The number of aryl methyl sites for hydroxylation is 2. The molecule has 0 aliphatic carbocycles. The van der Waals surface area contributed by atoms with Crippen molar-refractivity contribution in [3.05, 3.63) is 76.9 Å². The van der Waals surface area contributed by atoms with Crippen molar-refractivity contribution in [2.75, 3.05) is 0 Å². The summed E-state index contributed by atoms with van der Waals surface area (Å²) in [5.74, 6) is 1.38. The van der Waals surface area contributed by atoms with E-state index in [4.69, 9.17) is 0 Å². The van der Waals surface area contributed by atoms with Crippen LogP contribution >= 0.6 is 0 Å². The number of aliphatic imine (C=N–C) groups is 2. The van der Waals surface area contributed by atoms with Gasteiger partial charge in [-0.3, -0.25) is 0 Å². The molecule has 26 heavy (non-hydrogen) atoms. The summed E-state index contributed by atoms with van der Waals surface area (Å²) < 4.78 is 0. The SMILES string of the molecule is Cc1cccc(C=Nc2cccc(/N=C/c3cccc(C)c3O)n2)c1O. The van der Waals surface area contributed by atoms with E-state index >= 15 is 0 Å². The Kier molecular flexibility index (Phi) is 5.08. The second kappa shape index (κ2) is 7.61. The molecule has 0 bridgehead atoms. The van der Waals surface area contributed by atoms with Gasteiger partial charge in [0.25, 0.3) is 0 Å². The quantitative estimate of drug-likeness (QED) is 0.678. The predicted molar refractivity (Wildman–Crippen MR) is 104 cm³/mol. The van der Waals surface area contributed by atoms with Gasteiger partial charge in [0, 0.05) is 23.6 Å². The zero-order chi connectivity index (χ0) is 18.5. The Hall–Kier alpha value is -3.47. The van der Waals surface area contributed by atoms with E-state index in [9.17, 15) is 10.2 Å². The number of benzene rings is 2. The first-order valence-corrected chi connectivity index (χ1v) is 8.17. The van der Waals surface area contributed by atoms with Crippen LogP contribution in [0.4, 0.5) is 11.6 Å². The molecule has 0 atom stereocenters. The monoisotopic (exact) mass is 345 g/mol. The van der Waals surface area contributed by atoms with E-state index in [0.717, 1.165) is 11.1 Å². The number of pyridine rings is 1. The Balaban J connectivity index is 1.82. The summed E-state index contributed by atoms with van der Waals surface area (Å²) in [6.45, 7) is 3.67. The number of nitrogens with zero attached hydrogens (tertiary/aromatic N) is 3. The van der Waals surface area contributed by atoms with Crippen LogP contribution < -0.4 is 0 Å². The fraction of sp³-hybridized carbons (Fsp3) is 0.0952. The van der Waals surface area contributed by atoms with Crippen LogP contribution in [-0.4, -0.2) is 27.6 Å². The van der Waals surface area contributed by atoms with Gasteiger partial charge < -0.3 is 10.2 Å². The Morgan fingerprint density at radius 3 is 1.58 bits per heavy atom. The van der Waals surface area contributed by atoms with Crippen LogP contribution in [0.1, 0.15) is 22.3 Å². The average Bonchev–Trinajstić information content (AvgIpc) is 2.64. The van der Waals surface area contributed by atoms with Crippen LogP contribution in [0.5, 0.6) is 11.5 Å². The van der Waals surface area contributed by atoms with E-state index in [0.29, 0.717) is 22.8 Å². The second-order valence-electron chi connectivity index (χ2n) is 5.90. The highest BCUT2D eigenvalue weighted by Gasteiger charge is 2.02. The van der Waals surface area contributed by atoms with Crippen LogP contribution in [0, 0.1) is 13.8 Å². The molecule has 2 aromatic carbocycles. The van der Waals surface area contributed by atoms with Gasteiger partial charge in [-0.1, -0.05) is 30.3 Å². The van der Waals surface area contributed by atoms with Crippen LogP contribution in [0.3, 0.4) is 0 Å². The number of hydrogen-bond donors (Lipinski definition) is 2. The molecular formula is C21H19N3O2. The summed E-state index contributed by atoms with van der Waals surface area (Å²) in [7, 11) is 0. The first-order chi connectivity index (χ1) is 12.5. The van der Waals surface area contributed by atoms with Gasteiger partial charge in [-0.2, -0.15) is 0 Å². The smallest absolute Gasteiger partial charge is 0.154 e. The van der Waals surface area contributed by atoms with Crippen LogP contribution in [0.25, 0.3) is 0 Å². The van der Waals surface area contributed by atoms with Crippen molar-refractivity contribution >= 4 is 24.1 Å². The second-order valence-corrected chi connectivity index (χ2v) is 5.90. The Labute approximate surface area is 152 Å². The third-order valence-electron chi connectivity index (χ3n) is 3.93. The van der Waals surface area contributed by atoms with E-state index in [1.807, 2.05) is 38.1 Å². The van der Waals surface area contributed by atoms with Crippen molar-refractivity contribution in [1.29, 1.82) is 0 Å². The number of aromatic nitrogens is 1. The van der Waals surface area contributed by atoms with Gasteiger partial charge in [0.2, 0.25) is 0 Å². The summed E-state index contributed by atoms with van der Waals surface area (Å²) in [5, 5.41) is 20.1. The molecule has 130 valence electrons. The van der Waals surface area contributed by atoms with Crippen LogP contribution in [0.2, 0.25) is 0 Å². The highest BCUT2D eigenvalue weighted by atomic mass is 16.3. The molecule has 0 radical (unpaired) electrons. The Morgan fingerprint density at radius 2 is 1.12 bits per heavy atom. The van der Waals surface area contributed by atoms with Crippen molar-refractivity contribution in [3.8, 4) is 11.5 Å². The standard InChI is InChI=1S/C21H19N3O2/c1-14-6-3-8-16(20(14)25)12-22-18-10-5-11-19(24-18)23-13-17-9-4-7-15(2)21(17)26/h3-13,25-26H,1-2H3/b22-12+,23-13?. The highest BCUT2D eigenvalue weighted by molar-refractivity contribution is 5.86. The predicted octanol–water partition coefficient (Wildman–Crippen LogP) is 4.61. The van der Waals surface area contributed by atoms with Gasteiger partial charge in [0.05, 0.1) is 0 Å². The molecule has 5 heteroatoms. The molecule has 0 unspecified atom stereocenters. The molecule has 1 aromatic heterocycles. The zero-order valence-corrected chi connectivity index (χ0v) is 14.6. The number of phenols is 2.